The smallest absolute Gasteiger partial charge is 0.241 e. The van der Waals surface area contributed by atoms with Crippen LogP contribution < -0.4 is 11.1 Å². The number of carbonyl (C=O) groups is 1. The molecule has 0 saturated carbocycles. The predicted molar refractivity (Wildman–Crippen MR) is 71.9 cm³/mol. The fourth-order valence-electron chi connectivity index (χ4n) is 1.65. The number of carbonyl (C=O) groups excluding carboxylic acids is 1. The molecule has 0 aliphatic carbocycles. The molecule has 1 rings (SSSR count). The summed E-state index contributed by atoms with van der Waals surface area (Å²) in [7, 11) is 0. The number of rotatable bonds is 5. The van der Waals surface area contributed by atoms with E-state index >= 15 is 0 Å². The second kappa shape index (κ2) is 6.40. The summed E-state index contributed by atoms with van der Waals surface area (Å²) in [5, 5.41) is 2.91. The van der Waals surface area contributed by atoms with Gasteiger partial charge in [0.05, 0.1) is 6.04 Å². The van der Waals surface area contributed by atoms with Crippen molar-refractivity contribution in [3.8, 4) is 0 Å². The molecule has 3 heteroatoms. The quantitative estimate of drug-likeness (QED) is 0.822. The molecular weight excluding hydrogens is 212 g/mol. The summed E-state index contributed by atoms with van der Waals surface area (Å²) >= 11 is 0. The molecule has 0 radical (unpaired) electrons. The van der Waals surface area contributed by atoms with E-state index in [1.807, 2.05) is 38.1 Å². The summed E-state index contributed by atoms with van der Waals surface area (Å²) in [4.78, 5) is 11.9. The molecule has 1 unspecified atom stereocenters. The fourth-order valence-corrected chi connectivity index (χ4v) is 1.65. The van der Waals surface area contributed by atoms with E-state index in [2.05, 4.69) is 12.2 Å². The monoisotopic (exact) mass is 234 g/mol. The first-order chi connectivity index (χ1) is 8.06. The van der Waals surface area contributed by atoms with Gasteiger partial charge in [-0.1, -0.05) is 45.4 Å². The highest BCUT2D eigenvalue weighted by Gasteiger charge is 2.17. The van der Waals surface area contributed by atoms with Crippen LogP contribution in [0.5, 0.6) is 0 Å². The van der Waals surface area contributed by atoms with Crippen LogP contribution in [0.2, 0.25) is 0 Å². The van der Waals surface area contributed by atoms with E-state index in [9.17, 15) is 4.79 Å². The highest BCUT2D eigenvalue weighted by Crippen LogP contribution is 2.17. The third-order valence-corrected chi connectivity index (χ3v) is 2.82. The van der Waals surface area contributed by atoms with E-state index in [1.54, 1.807) is 0 Å². The molecule has 0 saturated heterocycles. The maximum Gasteiger partial charge on any atom is 0.241 e. The standard InChI is InChI=1S/C14H22N2O/c1-4-7-11-8-5-6-9-12(11)16-14(17)13(15)10(2)3/h5-6,8-10,13H,4,7,15H2,1-3H3,(H,16,17). The van der Waals surface area contributed by atoms with Crippen LogP contribution in [0.4, 0.5) is 5.69 Å². The van der Waals surface area contributed by atoms with E-state index < -0.39 is 6.04 Å². The summed E-state index contributed by atoms with van der Waals surface area (Å²) in [6.45, 7) is 6.02. The normalized spacial score (nSPS) is 12.5. The lowest BCUT2D eigenvalue weighted by atomic mass is 10.0. The number of aryl methyl sites for hydroxylation is 1. The van der Waals surface area contributed by atoms with Crippen LogP contribution in [0.3, 0.4) is 0 Å². The lowest BCUT2D eigenvalue weighted by Crippen LogP contribution is -2.39. The van der Waals surface area contributed by atoms with Crippen molar-refractivity contribution in [3.05, 3.63) is 29.8 Å². The van der Waals surface area contributed by atoms with Crippen LogP contribution in [0, 0.1) is 5.92 Å². The molecule has 0 bridgehead atoms. The van der Waals surface area contributed by atoms with E-state index in [0.29, 0.717) is 0 Å². The van der Waals surface area contributed by atoms with Gasteiger partial charge in [0.1, 0.15) is 0 Å². The Morgan fingerprint density at radius 2 is 2.00 bits per heavy atom. The summed E-state index contributed by atoms with van der Waals surface area (Å²) in [5.74, 6) is 0.0388. The van der Waals surface area contributed by atoms with Crippen LogP contribution in [0.25, 0.3) is 0 Å². The number of nitrogens with two attached hydrogens (primary N) is 1. The zero-order valence-corrected chi connectivity index (χ0v) is 10.9. The van der Waals surface area contributed by atoms with Crippen LogP contribution in [0.1, 0.15) is 32.8 Å². The van der Waals surface area contributed by atoms with E-state index in [0.717, 1.165) is 18.5 Å². The first-order valence-corrected chi connectivity index (χ1v) is 6.20. The van der Waals surface area contributed by atoms with Gasteiger partial charge in [-0.3, -0.25) is 4.79 Å². The van der Waals surface area contributed by atoms with E-state index in [1.165, 1.54) is 5.56 Å². The molecule has 0 fully saturated rings. The predicted octanol–water partition coefficient (Wildman–Crippen LogP) is 2.56. The highest BCUT2D eigenvalue weighted by molar-refractivity contribution is 5.95. The molecule has 3 nitrogen and oxygen atoms in total. The van der Waals surface area contributed by atoms with Gasteiger partial charge >= 0.3 is 0 Å². The van der Waals surface area contributed by atoms with Gasteiger partial charge in [-0.15, -0.1) is 0 Å². The second-order valence-electron chi connectivity index (χ2n) is 4.67. The SMILES string of the molecule is CCCc1ccccc1NC(=O)C(N)C(C)C. The number of benzene rings is 1. The average Bonchev–Trinajstić information content (AvgIpc) is 2.30. The molecule has 1 aromatic carbocycles. The molecule has 1 aromatic rings. The third-order valence-electron chi connectivity index (χ3n) is 2.82. The number of anilines is 1. The molecule has 3 N–H and O–H groups in total. The van der Waals surface area contributed by atoms with E-state index in [4.69, 9.17) is 5.73 Å². The van der Waals surface area contributed by atoms with Crippen molar-refractivity contribution in [2.75, 3.05) is 5.32 Å². The highest BCUT2D eigenvalue weighted by atomic mass is 16.2. The molecular formula is C14H22N2O. The van der Waals surface area contributed by atoms with Crippen molar-refractivity contribution < 1.29 is 4.79 Å². The maximum atomic E-state index is 11.9. The van der Waals surface area contributed by atoms with E-state index in [-0.39, 0.29) is 11.8 Å². The Morgan fingerprint density at radius 1 is 1.35 bits per heavy atom. The average molecular weight is 234 g/mol. The van der Waals surface area contributed by atoms with Gasteiger partial charge in [-0.25, -0.2) is 0 Å². The van der Waals surface area contributed by atoms with Crippen molar-refractivity contribution >= 4 is 11.6 Å². The van der Waals surface area contributed by atoms with Gasteiger partial charge in [0, 0.05) is 5.69 Å². The first-order valence-electron chi connectivity index (χ1n) is 6.20. The Balaban J connectivity index is 2.77. The van der Waals surface area contributed by atoms with Crippen molar-refractivity contribution in [2.24, 2.45) is 11.7 Å². The summed E-state index contributed by atoms with van der Waals surface area (Å²) in [6, 6.07) is 7.43. The van der Waals surface area contributed by atoms with Crippen molar-refractivity contribution in [1.29, 1.82) is 0 Å². The maximum absolute atomic E-state index is 11.9. The number of hydrogen-bond acceptors (Lipinski definition) is 2. The van der Waals surface area contributed by atoms with Crippen LogP contribution in [0.15, 0.2) is 24.3 Å². The van der Waals surface area contributed by atoms with Crippen molar-refractivity contribution in [1.82, 2.24) is 0 Å². The van der Waals surface area contributed by atoms with Crippen molar-refractivity contribution in [2.45, 2.75) is 39.7 Å². The zero-order chi connectivity index (χ0) is 12.8. The van der Waals surface area contributed by atoms with Crippen LogP contribution in [-0.2, 0) is 11.2 Å². The minimum absolute atomic E-state index is 0.108. The molecule has 1 atom stereocenters. The van der Waals surface area contributed by atoms with Crippen molar-refractivity contribution in [3.63, 3.8) is 0 Å². The zero-order valence-electron chi connectivity index (χ0n) is 10.9. The Hall–Kier alpha value is -1.35. The molecule has 0 aliphatic rings. The summed E-state index contributed by atoms with van der Waals surface area (Å²) < 4.78 is 0. The topological polar surface area (TPSA) is 55.1 Å². The number of amides is 1. The van der Waals surface area contributed by atoms with Crippen LogP contribution in [-0.4, -0.2) is 11.9 Å². The summed E-state index contributed by atoms with van der Waals surface area (Å²) in [6.07, 6.45) is 2.02. The molecule has 94 valence electrons. The molecule has 17 heavy (non-hydrogen) atoms. The lowest BCUT2D eigenvalue weighted by Gasteiger charge is -2.17. The first kappa shape index (κ1) is 13.7. The van der Waals surface area contributed by atoms with Gasteiger partial charge in [-0.05, 0) is 24.0 Å². The second-order valence-corrected chi connectivity index (χ2v) is 4.67. The van der Waals surface area contributed by atoms with Crippen LogP contribution >= 0.6 is 0 Å². The Morgan fingerprint density at radius 3 is 2.59 bits per heavy atom. The minimum atomic E-state index is -0.454. The van der Waals surface area contributed by atoms with Gasteiger partial charge in [0.25, 0.3) is 0 Å². The van der Waals surface area contributed by atoms with Gasteiger partial charge in [0.15, 0.2) is 0 Å². The Labute approximate surface area is 103 Å². The fraction of sp³-hybridized carbons (Fsp3) is 0.500. The van der Waals surface area contributed by atoms with Gasteiger partial charge < -0.3 is 11.1 Å². The third kappa shape index (κ3) is 3.86. The Bertz CT molecular complexity index is 374. The molecule has 0 heterocycles. The largest absolute Gasteiger partial charge is 0.324 e. The molecule has 1 amide bonds. The lowest BCUT2D eigenvalue weighted by molar-refractivity contribution is -0.118. The molecule has 0 aliphatic heterocycles. The number of hydrogen-bond donors (Lipinski definition) is 2. The summed E-state index contributed by atoms with van der Waals surface area (Å²) in [5.41, 5.74) is 7.87. The molecule has 0 aromatic heterocycles. The number of nitrogens with one attached hydrogen (secondary N) is 1. The molecule has 0 spiro atoms. The minimum Gasteiger partial charge on any atom is -0.324 e. The number of para-hydroxylation sites is 1. The van der Waals surface area contributed by atoms with Gasteiger partial charge in [-0.2, -0.15) is 0 Å². The Kier molecular flexibility index (Phi) is 5.16. The van der Waals surface area contributed by atoms with Gasteiger partial charge in [0.2, 0.25) is 5.91 Å².